The number of nitrogens with zero attached hydrogens (tertiary/aromatic N) is 6. The largest absolute Gasteiger partial charge is 0.317 e. The van der Waals surface area contributed by atoms with Crippen LogP contribution >= 0.6 is 0 Å². The monoisotopic (exact) mass is 754 g/mol. The molecule has 59 heavy (non-hydrogen) atoms. The number of aromatic nitrogens is 6. The molecule has 0 unspecified atom stereocenters. The van der Waals surface area contributed by atoms with Crippen molar-refractivity contribution in [1.29, 1.82) is 0 Å². The Bertz CT molecular complexity index is 3470. The third-order valence-corrected chi connectivity index (χ3v) is 11.5. The first-order valence-electron chi connectivity index (χ1n) is 19.9. The molecule has 0 aliphatic carbocycles. The first-order valence-corrected chi connectivity index (χ1v) is 19.9. The molecule has 0 saturated carbocycles. The number of hydrogen-bond donors (Lipinski definition) is 0. The summed E-state index contributed by atoms with van der Waals surface area (Å²) in [6.45, 7) is 0. The van der Waals surface area contributed by atoms with Crippen molar-refractivity contribution in [1.82, 2.24) is 28.7 Å². The highest BCUT2D eigenvalue weighted by atomic mass is 15.0. The van der Waals surface area contributed by atoms with Crippen LogP contribution in [-0.2, 0) is 0 Å². The molecule has 0 saturated heterocycles. The van der Waals surface area contributed by atoms with Crippen LogP contribution in [0.4, 0.5) is 0 Å². The highest BCUT2D eigenvalue weighted by Gasteiger charge is 2.21. The summed E-state index contributed by atoms with van der Waals surface area (Å²) in [6.07, 6.45) is 2.17. The third kappa shape index (κ3) is 5.38. The Balaban J connectivity index is 1.14. The van der Waals surface area contributed by atoms with Crippen LogP contribution in [0.2, 0.25) is 0 Å². The maximum Gasteiger partial charge on any atom is 0.164 e. The van der Waals surface area contributed by atoms with E-state index in [0.717, 1.165) is 50.3 Å². The number of benzene rings is 8. The van der Waals surface area contributed by atoms with E-state index >= 15 is 0 Å². The average molecular weight is 755 g/mol. The van der Waals surface area contributed by atoms with E-state index in [2.05, 4.69) is 159 Å². The van der Waals surface area contributed by atoms with Gasteiger partial charge in [0.15, 0.2) is 17.5 Å². The van der Waals surface area contributed by atoms with Gasteiger partial charge in [0.2, 0.25) is 0 Å². The van der Waals surface area contributed by atoms with Crippen LogP contribution in [0.15, 0.2) is 206 Å². The van der Waals surface area contributed by atoms with Crippen molar-refractivity contribution in [3.63, 3.8) is 0 Å². The van der Waals surface area contributed by atoms with Gasteiger partial charge in [-0.05, 0) is 72.8 Å². The summed E-state index contributed by atoms with van der Waals surface area (Å²) in [5.74, 6) is 1.90. The molecule has 0 aliphatic heterocycles. The Kier molecular flexibility index (Phi) is 7.43. The van der Waals surface area contributed by atoms with Crippen molar-refractivity contribution >= 4 is 54.5 Å². The fourth-order valence-electron chi connectivity index (χ4n) is 8.77. The minimum Gasteiger partial charge on any atom is -0.317 e. The Labute approximate surface area is 339 Å². The molecule has 0 atom stereocenters. The summed E-state index contributed by atoms with van der Waals surface area (Å²) in [4.78, 5) is 15.1. The average Bonchev–Trinajstić information content (AvgIpc) is 3.98. The van der Waals surface area contributed by atoms with Crippen LogP contribution < -0.4 is 0 Å². The number of hydrogen-bond acceptors (Lipinski definition) is 3. The van der Waals surface area contributed by atoms with Crippen LogP contribution in [0.25, 0.3) is 106 Å². The quantitative estimate of drug-likeness (QED) is 0.170. The van der Waals surface area contributed by atoms with E-state index in [9.17, 15) is 0 Å². The Morgan fingerprint density at radius 2 is 0.746 bits per heavy atom. The molecule has 0 radical (unpaired) electrons. The predicted molar refractivity (Wildman–Crippen MR) is 242 cm³/mol. The van der Waals surface area contributed by atoms with Crippen molar-refractivity contribution in [2.24, 2.45) is 0 Å². The van der Waals surface area contributed by atoms with E-state index in [1.807, 2.05) is 60.7 Å². The topological polar surface area (TPSA) is 53.5 Å². The number of fused-ring (bicyclic) bond motifs is 7. The van der Waals surface area contributed by atoms with Gasteiger partial charge in [0, 0.05) is 66.9 Å². The van der Waals surface area contributed by atoms with Gasteiger partial charge < -0.3 is 13.7 Å². The first-order chi connectivity index (χ1) is 29.2. The van der Waals surface area contributed by atoms with Crippen molar-refractivity contribution in [3.8, 4) is 51.2 Å². The molecule has 6 heteroatoms. The molecule has 4 heterocycles. The second-order valence-electron chi connectivity index (χ2n) is 14.9. The van der Waals surface area contributed by atoms with Crippen LogP contribution in [0.1, 0.15) is 0 Å². The zero-order chi connectivity index (χ0) is 38.9. The van der Waals surface area contributed by atoms with Crippen LogP contribution in [0, 0.1) is 0 Å². The minimum atomic E-state index is 0.621. The molecule has 276 valence electrons. The standard InChI is InChI=1S/C53H34N6/c1-5-16-35(17-6-1)51-54-52(36-18-7-2-8-19-36)56-53(55-51)38-20-15-25-41(30-38)59-48-31-37-28-29-57(39-21-9-3-10-22-39)47(37)32-44(48)45-34-49-43(33-50(45)59)42-26-13-14-27-46(42)58(49)40-23-11-4-12-24-40/h1-34H. The van der Waals surface area contributed by atoms with Crippen LogP contribution in [0.3, 0.4) is 0 Å². The molecular weight excluding hydrogens is 721 g/mol. The number of rotatable bonds is 6. The molecule has 4 aromatic heterocycles. The van der Waals surface area contributed by atoms with Gasteiger partial charge in [-0.3, -0.25) is 0 Å². The molecule has 0 amide bonds. The smallest absolute Gasteiger partial charge is 0.164 e. The summed E-state index contributed by atoms with van der Waals surface area (Å²) in [5.41, 5.74) is 11.9. The SMILES string of the molecule is c1ccc(-c2nc(-c3ccccc3)nc(-c3cccc(-n4c5cc6ccn(-c7ccccc7)c6cc5c5cc6c(cc54)c4ccccc4n6-c4ccccc4)c3)n2)cc1. The third-order valence-electron chi connectivity index (χ3n) is 11.5. The molecular formula is C53H34N6. The Hall–Kier alpha value is -8.09. The van der Waals surface area contributed by atoms with Gasteiger partial charge in [-0.2, -0.15) is 0 Å². The lowest BCUT2D eigenvalue weighted by molar-refractivity contribution is 1.07. The normalized spacial score (nSPS) is 11.7. The summed E-state index contributed by atoms with van der Waals surface area (Å²) in [7, 11) is 0. The van der Waals surface area contributed by atoms with Gasteiger partial charge in [-0.1, -0.05) is 127 Å². The second kappa shape index (κ2) is 13.3. The van der Waals surface area contributed by atoms with Gasteiger partial charge in [-0.15, -0.1) is 0 Å². The molecule has 12 aromatic rings. The molecule has 0 fully saturated rings. The van der Waals surface area contributed by atoms with Crippen LogP contribution in [-0.4, -0.2) is 28.7 Å². The van der Waals surface area contributed by atoms with Gasteiger partial charge in [0.25, 0.3) is 0 Å². The molecule has 0 aliphatic rings. The van der Waals surface area contributed by atoms with E-state index in [0.29, 0.717) is 17.5 Å². The zero-order valence-corrected chi connectivity index (χ0v) is 31.8. The van der Waals surface area contributed by atoms with Crippen molar-refractivity contribution < 1.29 is 0 Å². The summed E-state index contributed by atoms with van der Waals surface area (Å²) in [5, 5.41) is 5.94. The highest BCUT2D eigenvalue weighted by Crippen LogP contribution is 2.41. The van der Waals surface area contributed by atoms with Crippen molar-refractivity contribution in [2.75, 3.05) is 0 Å². The van der Waals surface area contributed by atoms with Crippen molar-refractivity contribution in [2.45, 2.75) is 0 Å². The molecule has 0 N–H and O–H groups in total. The van der Waals surface area contributed by atoms with Gasteiger partial charge in [-0.25, -0.2) is 15.0 Å². The predicted octanol–water partition coefficient (Wildman–Crippen LogP) is 13.0. The Morgan fingerprint density at radius 3 is 1.39 bits per heavy atom. The highest BCUT2D eigenvalue weighted by molar-refractivity contribution is 6.20. The summed E-state index contributed by atoms with van der Waals surface area (Å²) < 4.78 is 7.10. The summed E-state index contributed by atoms with van der Waals surface area (Å²) in [6, 6.07) is 70.6. The van der Waals surface area contributed by atoms with Crippen LogP contribution in [0.5, 0.6) is 0 Å². The van der Waals surface area contributed by atoms with E-state index in [-0.39, 0.29) is 0 Å². The summed E-state index contributed by atoms with van der Waals surface area (Å²) >= 11 is 0. The van der Waals surface area contributed by atoms with Gasteiger partial charge in [0.1, 0.15) is 0 Å². The maximum atomic E-state index is 5.09. The second-order valence-corrected chi connectivity index (χ2v) is 14.9. The van der Waals surface area contributed by atoms with Crippen molar-refractivity contribution in [3.05, 3.63) is 206 Å². The van der Waals surface area contributed by atoms with Gasteiger partial charge in [0.05, 0.1) is 27.6 Å². The van der Waals surface area contributed by atoms with E-state index < -0.39 is 0 Å². The number of para-hydroxylation sites is 3. The molecule has 6 nitrogen and oxygen atoms in total. The molecule has 8 aromatic carbocycles. The lowest BCUT2D eigenvalue weighted by atomic mass is 10.1. The maximum absolute atomic E-state index is 5.09. The lowest BCUT2D eigenvalue weighted by Gasteiger charge is -2.12. The van der Waals surface area contributed by atoms with Gasteiger partial charge >= 0.3 is 0 Å². The molecule has 0 spiro atoms. The Morgan fingerprint density at radius 1 is 0.288 bits per heavy atom. The van der Waals surface area contributed by atoms with E-state index in [1.165, 1.54) is 38.0 Å². The van der Waals surface area contributed by atoms with E-state index in [4.69, 9.17) is 15.0 Å². The molecule has 0 bridgehead atoms. The fourth-order valence-corrected chi connectivity index (χ4v) is 8.77. The fraction of sp³-hybridized carbons (Fsp3) is 0. The first kappa shape index (κ1) is 33.1. The molecule has 12 rings (SSSR count). The lowest BCUT2D eigenvalue weighted by Crippen LogP contribution is -2.01. The minimum absolute atomic E-state index is 0.621. The van der Waals surface area contributed by atoms with E-state index in [1.54, 1.807) is 0 Å². The zero-order valence-electron chi connectivity index (χ0n) is 31.8.